The van der Waals surface area contributed by atoms with Crippen LogP contribution in [0.5, 0.6) is 0 Å². The molecule has 2 unspecified atom stereocenters. The van der Waals surface area contributed by atoms with Gasteiger partial charge in [-0.05, 0) is 13.8 Å². The van der Waals surface area contributed by atoms with E-state index >= 15 is 0 Å². The monoisotopic (exact) mass is 130 g/mol. The van der Waals surface area contributed by atoms with E-state index in [9.17, 15) is 0 Å². The molecule has 2 atom stereocenters. The third-order valence-corrected chi connectivity index (χ3v) is 1.16. The minimum Gasteiger partial charge on any atom is -0.391 e. The van der Waals surface area contributed by atoms with Crippen LogP contribution in [0.3, 0.4) is 0 Å². The van der Waals surface area contributed by atoms with Crippen LogP contribution in [0.1, 0.15) is 13.8 Å². The molecule has 0 aromatic carbocycles. The Morgan fingerprint density at radius 3 is 2.56 bits per heavy atom. The molecule has 0 spiro atoms. The highest BCUT2D eigenvalue weighted by atomic mass is 16.5. The van der Waals surface area contributed by atoms with Crippen LogP contribution in [0.25, 0.3) is 0 Å². The second-order valence-corrected chi connectivity index (χ2v) is 2.07. The van der Waals surface area contributed by atoms with Crippen LogP contribution < -0.4 is 0 Å². The zero-order chi connectivity index (χ0) is 7.28. The number of hydrogen-bond acceptors (Lipinski definition) is 2. The highest BCUT2D eigenvalue weighted by Crippen LogP contribution is 1.96. The molecule has 0 bridgehead atoms. The third-order valence-electron chi connectivity index (χ3n) is 1.16. The van der Waals surface area contributed by atoms with E-state index in [4.69, 9.17) is 9.84 Å². The fourth-order valence-electron chi connectivity index (χ4n) is 0.359. The summed E-state index contributed by atoms with van der Waals surface area (Å²) in [7, 11) is 0. The van der Waals surface area contributed by atoms with Crippen LogP contribution in [0.15, 0.2) is 12.7 Å². The van der Waals surface area contributed by atoms with Gasteiger partial charge in [0.2, 0.25) is 0 Å². The highest BCUT2D eigenvalue weighted by molar-refractivity contribution is 4.66. The second-order valence-electron chi connectivity index (χ2n) is 2.07. The Morgan fingerprint density at radius 2 is 2.22 bits per heavy atom. The van der Waals surface area contributed by atoms with E-state index in [0.29, 0.717) is 6.61 Å². The average Bonchev–Trinajstić information content (AvgIpc) is 1.82. The van der Waals surface area contributed by atoms with Crippen LogP contribution in [-0.2, 0) is 4.74 Å². The molecule has 0 aliphatic carbocycles. The Labute approximate surface area is 56.1 Å². The first-order valence-electron chi connectivity index (χ1n) is 3.09. The molecule has 9 heavy (non-hydrogen) atoms. The molecule has 2 nitrogen and oxygen atoms in total. The Bertz CT molecular complexity index is 79.0. The molecule has 0 aliphatic heterocycles. The zero-order valence-electron chi connectivity index (χ0n) is 6.00. The quantitative estimate of drug-likeness (QED) is 0.574. The maximum Gasteiger partial charge on any atom is 0.0807 e. The Kier molecular flexibility index (Phi) is 4.36. The first-order chi connectivity index (χ1) is 4.18. The smallest absolute Gasteiger partial charge is 0.0807 e. The minimum absolute atomic E-state index is 0.0944. The van der Waals surface area contributed by atoms with Crippen molar-refractivity contribution in [3.63, 3.8) is 0 Å². The summed E-state index contributed by atoms with van der Waals surface area (Å²) in [6, 6.07) is 0. The van der Waals surface area contributed by atoms with Crippen molar-refractivity contribution >= 4 is 0 Å². The molecule has 0 saturated carbocycles. The summed E-state index contributed by atoms with van der Waals surface area (Å²) in [5.74, 6) is 0. The maximum absolute atomic E-state index is 8.89. The number of hydrogen-bond donors (Lipinski definition) is 1. The Morgan fingerprint density at radius 1 is 1.67 bits per heavy atom. The summed E-state index contributed by atoms with van der Waals surface area (Å²) < 4.78 is 5.08. The molecular formula is C7H14O2. The molecule has 54 valence electrons. The van der Waals surface area contributed by atoms with Crippen molar-refractivity contribution in [2.45, 2.75) is 26.1 Å². The van der Waals surface area contributed by atoms with E-state index < -0.39 is 6.10 Å². The minimum atomic E-state index is -0.398. The summed E-state index contributed by atoms with van der Waals surface area (Å²) in [5.41, 5.74) is 0. The van der Waals surface area contributed by atoms with Crippen molar-refractivity contribution in [3.05, 3.63) is 12.7 Å². The van der Waals surface area contributed by atoms with E-state index in [-0.39, 0.29) is 6.10 Å². The van der Waals surface area contributed by atoms with Gasteiger partial charge in [0.15, 0.2) is 0 Å². The van der Waals surface area contributed by atoms with Crippen LogP contribution in [0.2, 0.25) is 0 Å². The van der Waals surface area contributed by atoms with Gasteiger partial charge in [0.25, 0.3) is 0 Å². The number of aliphatic hydroxyl groups is 1. The SMILES string of the molecule is C=CCOC(C)C(C)O. The van der Waals surface area contributed by atoms with Crippen LogP contribution in [0.4, 0.5) is 0 Å². The van der Waals surface area contributed by atoms with Gasteiger partial charge >= 0.3 is 0 Å². The van der Waals surface area contributed by atoms with Gasteiger partial charge < -0.3 is 9.84 Å². The van der Waals surface area contributed by atoms with Crippen molar-refractivity contribution in [1.29, 1.82) is 0 Å². The lowest BCUT2D eigenvalue weighted by Crippen LogP contribution is -2.22. The van der Waals surface area contributed by atoms with E-state index in [1.54, 1.807) is 13.0 Å². The molecule has 0 saturated heterocycles. The van der Waals surface area contributed by atoms with Crippen molar-refractivity contribution < 1.29 is 9.84 Å². The zero-order valence-corrected chi connectivity index (χ0v) is 6.00. The van der Waals surface area contributed by atoms with Gasteiger partial charge in [0, 0.05) is 0 Å². The fraction of sp³-hybridized carbons (Fsp3) is 0.714. The molecule has 0 rings (SSSR count). The van der Waals surface area contributed by atoms with Gasteiger partial charge in [-0.3, -0.25) is 0 Å². The van der Waals surface area contributed by atoms with Crippen molar-refractivity contribution in [3.8, 4) is 0 Å². The summed E-state index contributed by atoms with van der Waals surface area (Å²) in [6.07, 6.45) is 1.17. The molecule has 0 amide bonds. The first kappa shape index (κ1) is 8.66. The molecule has 0 aliphatic rings. The van der Waals surface area contributed by atoms with Gasteiger partial charge in [-0.2, -0.15) is 0 Å². The van der Waals surface area contributed by atoms with Gasteiger partial charge in [-0.25, -0.2) is 0 Å². The van der Waals surface area contributed by atoms with Crippen molar-refractivity contribution in [2.24, 2.45) is 0 Å². The van der Waals surface area contributed by atoms with E-state index in [1.165, 1.54) is 0 Å². The van der Waals surface area contributed by atoms with E-state index in [2.05, 4.69) is 6.58 Å². The average molecular weight is 130 g/mol. The molecule has 0 radical (unpaired) electrons. The molecule has 0 fully saturated rings. The van der Waals surface area contributed by atoms with Crippen LogP contribution in [-0.4, -0.2) is 23.9 Å². The van der Waals surface area contributed by atoms with Gasteiger partial charge in [-0.1, -0.05) is 6.08 Å². The van der Waals surface area contributed by atoms with Crippen molar-refractivity contribution in [1.82, 2.24) is 0 Å². The number of aliphatic hydroxyl groups excluding tert-OH is 1. The fourth-order valence-corrected chi connectivity index (χ4v) is 0.359. The normalized spacial score (nSPS) is 16.8. The maximum atomic E-state index is 8.89. The van der Waals surface area contributed by atoms with E-state index in [0.717, 1.165) is 0 Å². The molecule has 0 heterocycles. The molecule has 0 aromatic heterocycles. The molecule has 0 aromatic rings. The van der Waals surface area contributed by atoms with Gasteiger partial charge in [-0.15, -0.1) is 6.58 Å². The largest absolute Gasteiger partial charge is 0.391 e. The molecule has 1 N–H and O–H groups in total. The first-order valence-corrected chi connectivity index (χ1v) is 3.09. The lowest BCUT2D eigenvalue weighted by molar-refractivity contribution is -0.00593. The van der Waals surface area contributed by atoms with Crippen molar-refractivity contribution in [2.75, 3.05) is 6.61 Å². The third kappa shape index (κ3) is 4.18. The van der Waals surface area contributed by atoms with Gasteiger partial charge in [0.05, 0.1) is 18.8 Å². The van der Waals surface area contributed by atoms with Gasteiger partial charge in [0.1, 0.15) is 0 Å². The van der Waals surface area contributed by atoms with E-state index in [1.807, 2.05) is 6.92 Å². The number of rotatable bonds is 4. The Hall–Kier alpha value is -0.340. The predicted octanol–water partition coefficient (Wildman–Crippen LogP) is 0.958. The topological polar surface area (TPSA) is 29.5 Å². The summed E-state index contributed by atoms with van der Waals surface area (Å²) in [5, 5.41) is 8.89. The summed E-state index contributed by atoms with van der Waals surface area (Å²) in [4.78, 5) is 0. The predicted molar refractivity (Wildman–Crippen MR) is 37.3 cm³/mol. The summed E-state index contributed by atoms with van der Waals surface area (Å²) in [6.45, 7) is 7.52. The van der Waals surface area contributed by atoms with Crippen LogP contribution >= 0.6 is 0 Å². The number of ether oxygens (including phenoxy) is 1. The molecule has 2 heteroatoms. The lowest BCUT2D eigenvalue weighted by Gasteiger charge is -2.13. The highest BCUT2D eigenvalue weighted by Gasteiger charge is 2.06. The molecular weight excluding hydrogens is 116 g/mol. The Balaban J connectivity index is 3.26. The second kappa shape index (κ2) is 4.53. The lowest BCUT2D eigenvalue weighted by atomic mass is 10.3. The van der Waals surface area contributed by atoms with Crippen LogP contribution in [0, 0.1) is 0 Å². The summed E-state index contributed by atoms with van der Waals surface area (Å²) >= 11 is 0. The standard InChI is InChI=1S/C7H14O2/c1-4-5-9-7(3)6(2)8/h4,6-8H,1,5H2,2-3H3.